The van der Waals surface area contributed by atoms with E-state index in [-0.39, 0.29) is 0 Å². The van der Waals surface area contributed by atoms with Gasteiger partial charge in [0.05, 0.1) is 22.6 Å². The van der Waals surface area contributed by atoms with E-state index in [1.807, 2.05) is 18.2 Å². The molecular formula is C54H36N2. The van der Waals surface area contributed by atoms with Crippen molar-refractivity contribution in [1.82, 2.24) is 9.97 Å². The molecule has 2 heteroatoms. The number of hydrogen-bond donors (Lipinski definition) is 0. The van der Waals surface area contributed by atoms with Crippen LogP contribution in [-0.2, 0) is 0 Å². The first-order valence-corrected chi connectivity index (χ1v) is 19.1. The van der Waals surface area contributed by atoms with Gasteiger partial charge in [0.25, 0.3) is 0 Å². The van der Waals surface area contributed by atoms with Gasteiger partial charge in [-0.15, -0.1) is 0 Å². The van der Waals surface area contributed by atoms with Gasteiger partial charge in [-0.2, -0.15) is 0 Å². The molecule has 0 fully saturated rings. The Bertz CT molecular complexity index is 2930. The van der Waals surface area contributed by atoms with E-state index in [2.05, 4.69) is 200 Å². The van der Waals surface area contributed by atoms with Crippen molar-refractivity contribution in [1.29, 1.82) is 0 Å². The fraction of sp³-hybridized carbons (Fsp3) is 0. The van der Waals surface area contributed by atoms with E-state index in [4.69, 9.17) is 9.97 Å². The Morgan fingerprint density at radius 2 is 0.679 bits per heavy atom. The molecule has 0 amide bonds. The second-order valence-electron chi connectivity index (χ2n) is 14.2. The van der Waals surface area contributed by atoms with Crippen molar-refractivity contribution in [2.45, 2.75) is 0 Å². The number of hydrogen-bond acceptors (Lipinski definition) is 2. The van der Waals surface area contributed by atoms with Crippen molar-refractivity contribution in [2.24, 2.45) is 0 Å². The smallest absolute Gasteiger partial charge is 0.0722 e. The molecule has 0 spiro atoms. The minimum atomic E-state index is 0.958. The number of rotatable bonds is 7. The minimum absolute atomic E-state index is 0.958. The van der Waals surface area contributed by atoms with Gasteiger partial charge >= 0.3 is 0 Å². The SMILES string of the molecule is c1ccc(-c2cc(-c3cccc(-c4cccc(-c5cccc6c5ccc5nc(-c7ccccc7)cc(-c7ccccc7)c56)c4)c3)cc(-c3ccccc3)n2)cc1. The maximum absolute atomic E-state index is 5.21. The Hall–Kier alpha value is -7.42. The van der Waals surface area contributed by atoms with Crippen LogP contribution in [0.4, 0.5) is 0 Å². The van der Waals surface area contributed by atoms with Crippen LogP contribution in [0.3, 0.4) is 0 Å². The monoisotopic (exact) mass is 712 g/mol. The normalized spacial score (nSPS) is 11.2. The van der Waals surface area contributed by atoms with Crippen LogP contribution >= 0.6 is 0 Å². The van der Waals surface area contributed by atoms with Gasteiger partial charge in [-0.1, -0.05) is 182 Å². The summed E-state index contributed by atoms with van der Waals surface area (Å²) in [4.78, 5) is 10.3. The quantitative estimate of drug-likeness (QED) is 0.154. The minimum Gasteiger partial charge on any atom is -0.248 e. The predicted octanol–water partition coefficient (Wildman–Crippen LogP) is 14.5. The molecule has 2 heterocycles. The lowest BCUT2D eigenvalue weighted by Crippen LogP contribution is -1.92. The van der Waals surface area contributed by atoms with E-state index >= 15 is 0 Å². The zero-order chi connectivity index (χ0) is 37.3. The number of pyridine rings is 2. The summed E-state index contributed by atoms with van der Waals surface area (Å²) in [7, 11) is 0. The third-order valence-corrected chi connectivity index (χ3v) is 10.7. The largest absolute Gasteiger partial charge is 0.248 e. The number of fused-ring (bicyclic) bond motifs is 3. The standard InChI is InChI=1S/C54H36N2/c1-5-16-37(17-6-1)49-36-53(40-22-11-4-12-23-40)55-50-31-30-47-46(28-15-29-48(47)54(49)50)44-27-14-25-42(33-44)41-24-13-26-43(32-41)45-34-51(38-18-7-2-8-19-38)56-52(35-45)39-20-9-3-10-21-39/h1-36H. The summed E-state index contributed by atoms with van der Waals surface area (Å²) in [5.74, 6) is 0. The molecule has 0 N–H and O–H groups in total. The van der Waals surface area contributed by atoms with E-state index in [0.29, 0.717) is 0 Å². The lowest BCUT2D eigenvalue weighted by Gasteiger charge is -2.15. The van der Waals surface area contributed by atoms with Gasteiger partial charge in [0, 0.05) is 22.1 Å². The molecule has 0 atom stereocenters. The Kier molecular flexibility index (Phi) is 8.55. The topological polar surface area (TPSA) is 25.8 Å². The summed E-state index contributed by atoms with van der Waals surface area (Å²) >= 11 is 0. The van der Waals surface area contributed by atoms with Crippen LogP contribution in [0.5, 0.6) is 0 Å². The first-order valence-electron chi connectivity index (χ1n) is 19.1. The van der Waals surface area contributed by atoms with Crippen LogP contribution in [0, 0.1) is 0 Å². The molecule has 262 valence electrons. The van der Waals surface area contributed by atoms with Gasteiger partial charge in [-0.3, -0.25) is 0 Å². The van der Waals surface area contributed by atoms with E-state index in [0.717, 1.165) is 50.4 Å². The summed E-state index contributed by atoms with van der Waals surface area (Å²) in [6, 6.07) is 77.6. The van der Waals surface area contributed by atoms with E-state index < -0.39 is 0 Å². The molecule has 0 aliphatic carbocycles. The van der Waals surface area contributed by atoms with Crippen LogP contribution in [-0.4, -0.2) is 9.97 Å². The average molecular weight is 713 g/mol. The molecule has 10 rings (SSSR count). The van der Waals surface area contributed by atoms with Gasteiger partial charge in [0.1, 0.15) is 0 Å². The molecule has 56 heavy (non-hydrogen) atoms. The summed E-state index contributed by atoms with van der Waals surface area (Å²) in [6.45, 7) is 0. The summed E-state index contributed by atoms with van der Waals surface area (Å²) in [5.41, 5.74) is 16.5. The summed E-state index contributed by atoms with van der Waals surface area (Å²) in [6.07, 6.45) is 0. The molecule has 0 unspecified atom stereocenters. The molecule has 0 radical (unpaired) electrons. The molecule has 8 aromatic carbocycles. The highest BCUT2D eigenvalue weighted by molar-refractivity contribution is 6.17. The fourth-order valence-corrected chi connectivity index (χ4v) is 7.90. The Morgan fingerprint density at radius 1 is 0.232 bits per heavy atom. The van der Waals surface area contributed by atoms with Gasteiger partial charge in [0.15, 0.2) is 0 Å². The highest BCUT2D eigenvalue weighted by atomic mass is 14.7. The van der Waals surface area contributed by atoms with Crippen LogP contribution in [0.2, 0.25) is 0 Å². The lowest BCUT2D eigenvalue weighted by atomic mass is 9.90. The molecular weight excluding hydrogens is 677 g/mol. The van der Waals surface area contributed by atoms with Crippen LogP contribution in [0.25, 0.3) is 100.0 Å². The number of aromatic nitrogens is 2. The van der Waals surface area contributed by atoms with Crippen molar-refractivity contribution in [3.8, 4) is 78.3 Å². The van der Waals surface area contributed by atoms with Gasteiger partial charge in [-0.25, -0.2) is 9.97 Å². The highest BCUT2D eigenvalue weighted by Gasteiger charge is 2.16. The van der Waals surface area contributed by atoms with Gasteiger partial charge in [0.2, 0.25) is 0 Å². The van der Waals surface area contributed by atoms with E-state index in [1.165, 1.54) is 49.5 Å². The maximum Gasteiger partial charge on any atom is 0.0722 e. The van der Waals surface area contributed by atoms with E-state index in [9.17, 15) is 0 Å². The second-order valence-corrected chi connectivity index (χ2v) is 14.2. The summed E-state index contributed by atoms with van der Waals surface area (Å²) < 4.78 is 0. The molecule has 0 saturated heterocycles. The molecule has 10 aromatic rings. The molecule has 0 saturated carbocycles. The van der Waals surface area contributed by atoms with Gasteiger partial charge in [-0.05, 0) is 91.7 Å². The Morgan fingerprint density at radius 3 is 1.25 bits per heavy atom. The van der Waals surface area contributed by atoms with Crippen LogP contribution in [0.15, 0.2) is 218 Å². The average Bonchev–Trinajstić information content (AvgIpc) is 3.29. The number of benzene rings is 8. The zero-order valence-electron chi connectivity index (χ0n) is 30.7. The Labute approximate surface area is 327 Å². The molecule has 0 bridgehead atoms. The Balaban J connectivity index is 1.08. The van der Waals surface area contributed by atoms with Crippen LogP contribution in [0.1, 0.15) is 0 Å². The summed E-state index contributed by atoms with van der Waals surface area (Å²) in [5, 5.41) is 3.57. The molecule has 0 aliphatic heterocycles. The van der Waals surface area contributed by atoms with Crippen molar-refractivity contribution in [3.63, 3.8) is 0 Å². The van der Waals surface area contributed by atoms with Crippen molar-refractivity contribution >= 4 is 21.7 Å². The molecule has 0 aliphatic rings. The van der Waals surface area contributed by atoms with Crippen molar-refractivity contribution < 1.29 is 0 Å². The molecule has 2 nitrogen and oxygen atoms in total. The second kappa shape index (κ2) is 14.4. The number of nitrogens with zero attached hydrogens (tertiary/aromatic N) is 2. The van der Waals surface area contributed by atoms with Gasteiger partial charge < -0.3 is 0 Å². The maximum atomic E-state index is 5.21. The zero-order valence-corrected chi connectivity index (χ0v) is 30.7. The van der Waals surface area contributed by atoms with Crippen molar-refractivity contribution in [2.75, 3.05) is 0 Å². The highest BCUT2D eigenvalue weighted by Crippen LogP contribution is 2.40. The first-order chi connectivity index (χ1) is 27.7. The third kappa shape index (κ3) is 6.34. The third-order valence-electron chi connectivity index (χ3n) is 10.7. The fourth-order valence-electron chi connectivity index (χ4n) is 7.90. The van der Waals surface area contributed by atoms with Crippen molar-refractivity contribution in [3.05, 3.63) is 218 Å². The predicted molar refractivity (Wildman–Crippen MR) is 235 cm³/mol. The van der Waals surface area contributed by atoms with E-state index in [1.54, 1.807) is 0 Å². The lowest BCUT2D eigenvalue weighted by molar-refractivity contribution is 1.32. The van der Waals surface area contributed by atoms with Crippen LogP contribution < -0.4 is 0 Å². The first kappa shape index (κ1) is 33.2. The molecule has 2 aromatic heterocycles.